The molecule has 1 aliphatic heterocycles. The Balaban J connectivity index is 1.48. The summed E-state index contributed by atoms with van der Waals surface area (Å²) in [5, 5.41) is 9.18. The number of Topliss-reactive ketones (excluding diaryl/α,β-unsaturated/α-hetero) is 1. The minimum Gasteiger partial charge on any atom is -0.355 e. The van der Waals surface area contributed by atoms with E-state index in [4.69, 9.17) is 6.42 Å². The second-order valence-electron chi connectivity index (χ2n) is 15.6. The first-order valence-electron chi connectivity index (χ1n) is 17.6. The van der Waals surface area contributed by atoms with Crippen molar-refractivity contribution in [2.45, 2.75) is 112 Å². The number of nitrogens with one attached hydrogen (secondary N) is 3. The first-order valence-corrected chi connectivity index (χ1v) is 17.6. The molecular formula is C39H56N4O4. The number of ketones is 1. The largest absolute Gasteiger partial charge is 0.355 e. The lowest BCUT2D eigenvalue weighted by molar-refractivity contribution is -0.126. The maximum Gasteiger partial charge on any atom is 0.315 e. The Bertz CT molecular complexity index is 1380. The van der Waals surface area contributed by atoms with Gasteiger partial charge in [-0.1, -0.05) is 92.0 Å². The quantitative estimate of drug-likeness (QED) is 0.126. The smallest absolute Gasteiger partial charge is 0.315 e. The Morgan fingerprint density at radius 3 is 2.38 bits per heavy atom. The Morgan fingerprint density at radius 2 is 1.79 bits per heavy atom. The molecule has 1 aromatic rings. The maximum absolute atomic E-state index is 14.2. The lowest BCUT2D eigenvalue weighted by Gasteiger charge is -2.36. The fraction of sp³-hybridized carbons (Fsp3) is 0.641. The molecule has 4 rings (SSSR count). The van der Waals surface area contributed by atoms with Crippen molar-refractivity contribution in [3.8, 4) is 12.3 Å². The van der Waals surface area contributed by atoms with Gasteiger partial charge >= 0.3 is 6.03 Å². The molecule has 0 spiro atoms. The van der Waals surface area contributed by atoms with Crippen molar-refractivity contribution in [3.63, 3.8) is 0 Å². The Kier molecular flexibility index (Phi) is 11.6. The minimum absolute atomic E-state index is 0.00678. The van der Waals surface area contributed by atoms with E-state index in [0.29, 0.717) is 43.1 Å². The number of fused-ring (bicyclic) bond motifs is 1. The summed E-state index contributed by atoms with van der Waals surface area (Å²) in [6.45, 7) is 18.1. The minimum atomic E-state index is -0.736. The fourth-order valence-corrected chi connectivity index (χ4v) is 8.15. The summed E-state index contributed by atoms with van der Waals surface area (Å²) in [4.78, 5) is 56.3. The summed E-state index contributed by atoms with van der Waals surface area (Å²) in [5.41, 5.74) is 1.71. The standard InChI is InChI=1S/C39H56N4O4/c1-9-11-21-40-35(45)29(32-30(10-2)39(32,7)8)22-25(3)34(44)33(26-17-13-12-14-18-26)42-37(47)41-31(38(4,5)6)24-43-23-27-19-15-16-20-28(27)36(43)46/h1,15-16,19-20,26,29-33H,3,10-14,17-18,21-24H2,2,4-8H3,(H,40,45)(H2,41,42,47)/t29-,30-,31+,32?,33-/m0/s1. The van der Waals surface area contributed by atoms with E-state index in [1.807, 2.05) is 45.0 Å². The van der Waals surface area contributed by atoms with Crippen LogP contribution in [0.15, 0.2) is 36.4 Å². The fourth-order valence-electron chi connectivity index (χ4n) is 8.15. The van der Waals surface area contributed by atoms with Crippen molar-refractivity contribution < 1.29 is 19.2 Å². The van der Waals surface area contributed by atoms with Gasteiger partial charge in [0.1, 0.15) is 0 Å². The first kappa shape index (κ1) is 36.2. The average Bonchev–Trinajstić information content (AvgIpc) is 3.44. The SMILES string of the molecule is C#CCCNC(=O)[C@@H](CC(=C)C(=O)[C@@H](NC(=O)N[C@H](CN1Cc2ccccc2C1=O)C(C)(C)C)C1CCCCC1)C1[C@H](CC)C1(C)C. The van der Waals surface area contributed by atoms with Crippen molar-refractivity contribution in [3.05, 3.63) is 47.5 Å². The molecule has 47 heavy (non-hydrogen) atoms. The number of terminal acetylenes is 1. The molecule has 3 N–H and O–H groups in total. The predicted molar refractivity (Wildman–Crippen MR) is 186 cm³/mol. The molecule has 1 heterocycles. The van der Waals surface area contributed by atoms with Gasteiger partial charge in [-0.25, -0.2) is 4.79 Å². The Hall–Kier alpha value is -3.60. The average molecular weight is 645 g/mol. The van der Waals surface area contributed by atoms with Crippen LogP contribution in [-0.4, -0.2) is 53.7 Å². The third-order valence-corrected chi connectivity index (χ3v) is 11.1. The molecule has 0 radical (unpaired) electrons. The van der Waals surface area contributed by atoms with Gasteiger partial charge in [0.2, 0.25) is 5.91 Å². The third kappa shape index (κ3) is 8.47. The molecular weight excluding hydrogens is 588 g/mol. The topological polar surface area (TPSA) is 108 Å². The summed E-state index contributed by atoms with van der Waals surface area (Å²) in [6.07, 6.45) is 11.9. The van der Waals surface area contributed by atoms with Gasteiger partial charge in [-0.2, -0.15) is 0 Å². The van der Waals surface area contributed by atoms with Crippen LogP contribution in [0.1, 0.15) is 109 Å². The third-order valence-electron chi connectivity index (χ3n) is 11.1. The molecule has 256 valence electrons. The van der Waals surface area contributed by atoms with Gasteiger partial charge in [0.25, 0.3) is 5.91 Å². The molecule has 0 bridgehead atoms. The molecule has 8 nitrogen and oxygen atoms in total. The number of hydrogen-bond donors (Lipinski definition) is 3. The summed E-state index contributed by atoms with van der Waals surface area (Å²) < 4.78 is 0. The predicted octanol–water partition coefficient (Wildman–Crippen LogP) is 6.26. The zero-order valence-electron chi connectivity index (χ0n) is 29.4. The van der Waals surface area contributed by atoms with E-state index in [0.717, 1.165) is 44.1 Å². The number of nitrogens with zero attached hydrogens (tertiary/aromatic N) is 1. The van der Waals surface area contributed by atoms with Crippen LogP contribution in [-0.2, 0) is 16.1 Å². The number of rotatable bonds is 14. The highest BCUT2D eigenvalue weighted by atomic mass is 16.2. The van der Waals surface area contributed by atoms with E-state index in [-0.39, 0.29) is 52.7 Å². The van der Waals surface area contributed by atoms with Gasteiger partial charge in [0.05, 0.1) is 12.1 Å². The van der Waals surface area contributed by atoms with Crippen LogP contribution in [0.3, 0.4) is 0 Å². The van der Waals surface area contributed by atoms with E-state index in [1.165, 1.54) is 0 Å². The van der Waals surface area contributed by atoms with Gasteiger partial charge in [-0.05, 0) is 65.0 Å². The molecule has 0 aromatic heterocycles. The molecule has 2 aliphatic carbocycles. The molecule has 4 amide bonds. The highest BCUT2D eigenvalue weighted by molar-refractivity contribution is 6.01. The summed E-state index contributed by atoms with van der Waals surface area (Å²) in [5.74, 6) is 2.37. The first-order chi connectivity index (χ1) is 22.2. The van der Waals surface area contributed by atoms with Crippen molar-refractivity contribution in [2.24, 2.45) is 34.5 Å². The van der Waals surface area contributed by atoms with E-state index in [9.17, 15) is 19.2 Å². The van der Waals surface area contributed by atoms with E-state index >= 15 is 0 Å². The summed E-state index contributed by atoms with van der Waals surface area (Å²) >= 11 is 0. The molecule has 5 atom stereocenters. The van der Waals surface area contributed by atoms with Gasteiger partial charge < -0.3 is 20.9 Å². The second-order valence-corrected chi connectivity index (χ2v) is 15.6. The van der Waals surface area contributed by atoms with Gasteiger partial charge in [-0.3, -0.25) is 14.4 Å². The number of carbonyl (C=O) groups excluding carboxylic acids is 4. The normalized spacial score (nSPS) is 22.3. The van der Waals surface area contributed by atoms with Crippen LogP contribution < -0.4 is 16.0 Å². The number of benzene rings is 1. The van der Waals surface area contributed by atoms with Crippen molar-refractivity contribution in [2.75, 3.05) is 13.1 Å². The second kappa shape index (κ2) is 15.1. The van der Waals surface area contributed by atoms with E-state index in [1.54, 1.807) is 4.90 Å². The van der Waals surface area contributed by atoms with Gasteiger partial charge in [-0.15, -0.1) is 12.3 Å². The zero-order valence-corrected chi connectivity index (χ0v) is 29.4. The van der Waals surface area contributed by atoms with Crippen LogP contribution in [0.5, 0.6) is 0 Å². The number of hydrogen-bond acceptors (Lipinski definition) is 4. The molecule has 3 aliphatic rings. The summed E-state index contributed by atoms with van der Waals surface area (Å²) in [7, 11) is 0. The number of carbonyl (C=O) groups is 4. The van der Waals surface area contributed by atoms with Gasteiger partial charge in [0, 0.05) is 37.5 Å². The zero-order chi connectivity index (χ0) is 34.5. The van der Waals surface area contributed by atoms with Crippen molar-refractivity contribution in [1.29, 1.82) is 0 Å². The molecule has 1 unspecified atom stereocenters. The highest BCUT2D eigenvalue weighted by Gasteiger charge is 2.61. The highest BCUT2D eigenvalue weighted by Crippen LogP contribution is 2.64. The lowest BCUT2D eigenvalue weighted by Crippen LogP contribution is -2.57. The van der Waals surface area contributed by atoms with Crippen LogP contribution in [0.2, 0.25) is 0 Å². The molecule has 8 heteroatoms. The van der Waals surface area contributed by atoms with Gasteiger partial charge in [0.15, 0.2) is 5.78 Å². The summed E-state index contributed by atoms with van der Waals surface area (Å²) in [6, 6.07) is 6.08. The van der Waals surface area contributed by atoms with Crippen LogP contribution >= 0.6 is 0 Å². The molecule has 0 saturated heterocycles. The molecule has 1 aromatic carbocycles. The van der Waals surface area contributed by atoms with Crippen LogP contribution in [0, 0.1) is 46.8 Å². The van der Waals surface area contributed by atoms with Crippen LogP contribution in [0.25, 0.3) is 0 Å². The number of urea groups is 1. The molecule has 2 saturated carbocycles. The van der Waals surface area contributed by atoms with Crippen molar-refractivity contribution >= 4 is 23.6 Å². The van der Waals surface area contributed by atoms with E-state index < -0.39 is 18.0 Å². The maximum atomic E-state index is 14.2. The monoisotopic (exact) mass is 644 g/mol. The number of amides is 4. The Labute approximate surface area is 282 Å². The molecule has 2 fully saturated rings. The van der Waals surface area contributed by atoms with Crippen LogP contribution in [0.4, 0.5) is 4.79 Å². The van der Waals surface area contributed by atoms with Crippen molar-refractivity contribution in [1.82, 2.24) is 20.9 Å². The Morgan fingerprint density at radius 1 is 1.11 bits per heavy atom. The lowest BCUT2D eigenvalue weighted by atomic mass is 9.79. The van der Waals surface area contributed by atoms with E-state index in [2.05, 4.69) is 49.2 Å².